The van der Waals surface area contributed by atoms with Crippen molar-refractivity contribution < 1.29 is 9.90 Å². The fourth-order valence-corrected chi connectivity index (χ4v) is 1.23. The van der Waals surface area contributed by atoms with E-state index in [9.17, 15) is 9.90 Å². The van der Waals surface area contributed by atoms with Crippen molar-refractivity contribution in [3.8, 4) is 5.75 Å². The summed E-state index contributed by atoms with van der Waals surface area (Å²) in [4.78, 5) is 10.5. The van der Waals surface area contributed by atoms with Crippen LogP contribution >= 0.6 is 0 Å². The Balaban J connectivity index is 3.32. The first-order valence-corrected chi connectivity index (χ1v) is 4.36. The zero-order valence-corrected chi connectivity index (χ0v) is 8.37. The van der Waals surface area contributed by atoms with Gasteiger partial charge in [0.25, 0.3) is 0 Å². The average molecular weight is 189 g/mol. The van der Waals surface area contributed by atoms with E-state index in [4.69, 9.17) is 0 Å². The Morgan fingerprint density at radius 3 is 2.64 bits per heavy atom. The molecular weight excluding hydrogens is 176 g/mol. The average Bonchev–Trinajstić information content (AvgIpc) is 2.18. The summed E-state index contributed by atoms with van der Waals surface area (Å²) >= 11 is 0. The molecule has 0 aliphatic heterocycles. The van der Waals surface area contributed by atoms with Gasteiger partial charge >= 0.3 is 0 Å². The van der Waals surface area contributed by atoms with Crippen molar-refractivity contribution >= 4 is 6.29 Å². The molecule has 2 nitrogen and oxygen atoms in total. The van der Waals surface area contributed by atoms with Gasteiger partial charge in [-0.1, -0.05) is 19.9 Å². The second-order valence-corrected chi connectivity index (χ2v) is 3.76. The Morgan fingerprint density at radius 1 is 1.50 bits per heavy atom. The van der Waals surface area contributed by atoms with Gasteiger partial charge in [0.2, 0.25) is 6.29 Å². The van der Waals surface area contributed by atoms with Crippen LogP contribution in [0.25, 0.3) is 0 Å². The molecule has 73 valence electrons. The van der Waals surface area contributed by atoms with E-state index in [2.05, 4.69) is 6.58 Å². The maximum atomic E-state index is 10.5. The van der Waals surface area contributed by atoms with Gasteiger partial charge in [-0.25, -0.2) is 0 Å². The number of carbonyl (C=O) groups excluding carboxylic acids is 1. The predicted octanol–water partition coefficient (Wildman–Crippen LogP) is 2.31. The standard InChI is InChI=1S/C12H13O2/c1-4-12(2,3)10-7-9(8-13)5-6-11(10)14/h4-7,14H,1H2,2-3H3. The summed E-state index contributed by atoms with van der Waals surface area (Å²) in [6.45, 7) is 7.54. The van der Waals surface area contributed by atoms with Crippen molar-refractivity contribution in [1.82, 2.24) is 0 Å². The van der Waals surface area contributed by atoms with Crippen LogP contribution in [-0.2, 0) is 10.2 Å². The molecule has 0 bridgehead atoms. The second kappa shape index (κ2) is 3.66. The van der Waals surface area contributed by atoms with Crippen molar-refractivity contribution in [3.63, 3.8) is 0 Å². The lowest BCUT2D eigenvalue weighted by Crippen LogP contribution is -2.13. The number of phenolic OH excluding ortho intramolecular Hbond substituents is 1. The Hall–Kier alpha value is -1.57. The molecule has 0 heterocycles. The summed E-state index contributed by atoms with van der Waals surface area (Å²) in [5.41, 5.74) is 0.776. The first kappa shape index (κ1) is 10.5. The molecule has 2 heteroatoms. The predicted molar refractivity (Wildman–Crippen MR) is 56.1 cm³/mol. The largest absolute Gasteiger partial charge is 0.508 e. The van der Waals surface area contributed by atoms with E-state index < -0.39 is 0 Å². The van der Waals surface area contributed by atoms with Crippen LogP contribution in [-0.4, -0.2) is 11.4 Å². The molecule has 1 N–H and O–H groups in total. The van der Waals surface area contributed by atoms with Crippen molar-refractivity contribution in [3.05, 3.63) is 42.0 Å². The Morgan fingerprint density at radius 2 is 2.14 bits per heavy atom. The maximum absolute atomic E-state index is 10.5. The highest BCUT2D eigenvalue weighted by molar-refractivity contribution is 5.76. The van der Waals surface area contributed by atoms with E-state index in [-0.39, 0.29) is 11.2 Å². The summed E-state index contributed by atoms with van der Waals surface area (Å²) in [7, 11) is 0. The van der Waals surface area contributed by atoms with Crippen LogP contribution in [0, 0.1) is 0 Å². The van der Waals surface area contributed by atoms with Gasteiger partial charge in [-0.05, 0) is 18.2 Å². The minimum Gasteiger partial charge on any atom is -0.508 e. The summed E-state index contributed by atoms with van der Waals surface area (Å²) in [6.07, 6.45) is 3.53. The van der Waals surface area contributed by atoms with Gasteiger partial charge in [0.05, 0.1) is 0 Å². The molecule has 0 aromatic heterocycles. The zero-order valence-electron chi connectivity index (χ0n) is 8.37. The van der Waals surface area contributed by atoms with E-state index in [1.54, 1.807) is 18.4 Å². The van der Waals surface area contributed by atoms with Gasteiger partial charge in [-0.15, -0.1) is 6.58 Å². The number of benzene rings is 1. The lowest BCUT2D eigenvalue weighted by molar-refractivity contribution is 0.455. The third kappa shape index (κ3) is 1.84. The van der Waals surface area contributed by atoms with Crippen molar-refractivity contribution in [2.75, 3.05) is 0 Å². The number of hydrogen-bond acceptors (Lipinski definition) is 2. The van der Waals surface area contributed by atoms with Gasteiger partial charge in [-0.3, -0.25) is 4.79 Å². The molecule has 1 aromatic rings. The van der Waals surface area contributed by atoms with Crippen molar-refractivity contribution in [2.24, 2.45) is 0 Å². The molecule has 0 fully saturated rings. The highest BCUT2D eigenvalue weighted by atomic mass is 16.3. The molecule has 0 unspecified atom stereocenters. The third-order valence-electron chi connectivity index (χ3n) is 2.32. The number of aromatic hydroxyl groups is 1. The zero-order chi connectivity index (χ0) is 10.8. The van der Waals surface area contributed by atoms with Crippen LogP contribution in [0.15, 0.2) is 30.9 Å². The number of rotatable bonds is 3. The first-order chi connectivity index (χ1) is 6.51. The smallest absolute Gasteiger partial charge is 0.233 e. The van der Waals surface area contributed by atoms with E-state index in [0.29, 0.717) is 11.1 Å². The molecular formula is C12H13O2. The second-order valence-electron chi connectivity index (χ2n) is 3.76. The highest BCUT2D eigenvalue weighted by Gasteiger charge is 2.20. The molecule has 0 aliphatic rings. The van der Waals surface area contributed by atoms with Crippen LogP contribution in [0.5, 0.6) is 5.75 Å². The first-order valence-electron chi connectivity index (χ1n) is 4.36. The molecule has 14 heavy (non-hydrogen) atoms. The highest BCUT2D eigenvalue weighted by Crippen LogP contribution is 2.32. The molecule has 0 atom stereocenters. The molecule has 1 aromatic carbocycles. The summed E-state index contributed by atoms with van der Waals surface area (Å²) in [6, 6.07) is 4.66. The minimum atomic E-state index is -0.350. The third-order valence-corrected chi connectivity index (χ3v) is 2.32. The van der Waals surface area contributed by atoms with Crippen LogP contribution < -0.4 is 0 Å². The summed E-state index contributed by atoms with van der Waals surface area (Å²) in [5, 5.41) is 9.62. The quantitative estimate of drug-likeness (QED) is 0.741. The molecule has 1 rings (SSSR count). The molecule has 1 radical (unpaired) electrons. The number of allylic oxidation sites excluding steroid dienone is 1. The molecule has 0 saturated carbocycles. The molecule has 0 spiro atoms. The van der Waals surface area contributed by atoms with Crippen molar-refractivity contribution in [1.29, 1.82) is 0 Å². The maximum Gasteiger partial charge on any atom is 0.233 e. The molecule has 0 saturated heterocycles. The van der Waals surface area contributed by atoms with E-state index in [0.717, 1.165) is 0 Å². The topological polar surface area (TPSA) is 37.3 Å². The van der Waals surface area contributed by atoms with Gasteiger partial charge in [0.1, 0.15) is 5.75 Å². The normalized spacial score (nSPS) is 11.0. The van der Waals surface area contributed by atoms with Crippen molar-refractivity contribution in [2.45, 2.75) is 19.3 Å². The fraction of sp³-hybridized carbons (Fsp3) is 0.250. The van der Waals surface area contributed by atoms with Crippen LogP contribution in [0.2, 0.25) is 0 Å². The lowest BCUT2D eigenvalue weighted by Gasteiger charge is -2.21. The van der Waals surface area contributed by atoms with Gasteiger partial charge < -0.3 is 5.11 Å². The van der Waals surface area contributed by atoms with Gasteiger partial charge in [-0.2, -0.15) is 0 Å². The van der Waals surface area contributed by atoms with Crippen LogP contribution in [0.1, 0.15) is 25.0 Å². The monoisotopic (exact) mass is 189 g/mol. The van der Waals surface area contributed by atoms with Crippen LogP contribution in [0.4, 0.5) is 0 Å². The van der Waals surface area contributed by atoms with E-state index >= 15 is 0 Å². The van der Waals surface area contributed by atoms with Gasteiger partial charge in [0, 0.05) is 16.5 Å². The summed E-state index contributed by atoms with van der Waals surface area (Å²) in [5.74, 6) is 0.175. The van der Waals surface area contributed by atoms with E-state index in [1.807, 2.05) is 13.8 Å². The van der Waals surface area contributed by atoms with Gasteiger partial charge in [0.15, 0.2) is 0 Å². The lowest BCUT2D eigenvalue weighted by atomic mass is 9.83. The van der Waals surface area contributed by atoms with Crippen LogP contribution in [0.3, 0.4) is 0 Å². The fourth-order valence-electron chi connectivity index (χ4n) is 1.23. The molecule has 0 amide bonds. The summed E-state index contributed by atoms with van der Waals surface area (Å²) < 4.78 is 0. The molecule has 0 aliphatic carbocycles. The Bertz CT molecular complexity index is 365. The SMILES string of the molecule is C=CC(C)(C)c1cc([C]=O)ccc1O. The Labute approximate surface area is 83.9 Å². The van der Waals surface area contributed by atoms with E-state index in [1.165, 1.54) is 12.1 Å². The minimum absolute atomic E-state index is 0.175. The number of phenols is 1. The Kier molecular flexibility index (Phi) is 2.75. The number of hydrogen-bond donors (Lipinski definition) is 1.